The van der Waals surface area contributed by atoms with Crippen LogP contribution in [-0.2, 0) is 9.59 Å². The topological polar surface area (TPSA) is 104 Å². The van der Waals surface area contributed by atoms with Crippen molar-refractivity contribution >= 4 is 11.9 Å². The van der Waals surface area contributed by atoms with Gasteiger partial charge in [-0.1, -0.05) is 18.2 Å². The van der Waals surface area contributed by atoms with Crippen LogP contribution in [0.3, 0.4) is 0 Å². The van der Waals surface area contributed by atoms with Crippen molar-refractivity contribution in [1.29, 1.82) is 0 Å². The molecular formula is C12H14O6. The molecule has 6 nitrogen and oxygen atoms in total. The van der Waals surface area contributed by atoms with Gasteiger partial charge in [0, 0.05) is 0 Å². The van der Waals surface area contributed by atoms with Gasteiger partial charge in [0.1, 0.15) is 18.0 Å². The molecule has 2 unspecified atom stereocenters. The van der Waals surface area contributed by atoms with E-state index in [4.69, 9.17) is 14.9 Å². The Morgan fingerprint density at radius 2 is 1.61 bits per heavy atom. The predicted octanol–water partition coefficient (Wildman–Crippen LogP) is 0.744. The van der Waals surface area contributed by atoms with Gasteiger partial charge in [0.25, 0.3) is 0 Å². The Hall–Kier alpha value is -2.08. The van der Waals surface area contributed by atoms with Gasteiger partial charge in [-0.2, -0.15) is 0 Å². The van der Waals surface area contributed by atoms with Crippen LogP contribution in [0.15, 0.2) is 30.3 Å². The first kappa shape index (κ1) is 14.0. The van der Waals surface area contributed by atoms with Gasteiger partial charge >= 0.3 is 11.9 Å². The SMILES string of the molecule is O=C(O)CC(O)C(CC(=O)O)Oc1ccccc1. The fourth-order valence-corrected chi connectivity index (χ4v) is 1.41. The van der Waals surface area contributed by atoms with Crippen molar-refractivity contribution in [3.63, 3.8) is 0 Å². The van der Waals surface area contributed by atoms with Crippen LogP contribution in [0.2, 0.25) is 0 Å². The number of hydrogen-bond donors (Lipinski definition) is 3. The van der Waals surface area contributed by atoms with E-state index in [0.717, 1.165) is 0 Å². The zero-order valence-corrected chi connectivity index (χ0v) is 9.52. The number of para-hydroxylation sites is 1. The van der Waals surface area contributed by atoms with Crippen molar-refractivity contribution < 1.29 is 29.6 Å². The highest BCUT2D eigenvalue weighted by molar-refractivity contribution is 5.69. The lowest BCUT2D eigenvalue weighted by molar-refractivity contribution is -0.145. The molecule has 6 heteroatoms. The van der Waals surface area contributed by atoms with Gasteiger partial charge in [0.2, 0.25) is 0 Å². The molecule has 0 fully saturated rings. The van der Waals surface area contributed by atoms with Gasteiger partial charge in [0.05, 0.1) is 12.8 Å². The summed E-state index contributed by atoms with van der Waals surface area (Å²) >= 11 is 0. The van der Waals surface area contributed by atoms with Gasteiger partial charge in [-0.25, -0.2) is 0 Å². The van der Waals surface area contributed by atoms with E-state index in [1.165, 1.54) is 0 Å². The average Bonchev–Trinajstić information content (AvgIpc) is 2.28. The Bertz CT molecular complexity index is 402. The molecule has 0 aliphatic rings. The monoisotopic (exact) mass is 254 g/mol. The van der Waals surface area contributed by atoms with Crippen molar-refractivity contribution in [2.45, 2.75) is 25.0 Å². The molecule has 1 rings (SSSR count). The number of aliphatic hydroxyl groups excluding tert-OH is 1. The second-order valence-corrected chi connectivity index (χ2v) is 3.73. The number of rotatable bonds is 7. The molecule has 0 radical (unpaired) electrons. The maximum Gasteiger partial charge on any atom is 0.307 e. The molecule has 98 valence electrons. The molecule has 0 aromatic heterocycles. The number of carbonyl (C=O) groups is 2. The quantitative estimate of drug-likeness (QED) is 0.663. The molecule has 0 bridgehead atoms. The van der Waals surface area contributed by atoms with Crippen LogP contribution >= 0.6 is 0 Å². The lowest BCUT2D eigenvalue weighted by atomic mass is 10.1. The first-order chi connectivity index (χ1) is 8.49. The third-order valence-corrected chi connectivity index (χ3v) is 2.22. The zero-order valence-electron chi connectivity index (χ0n) is 9.52. The van der Waals surface area contributed by atoms with Crippen LogP contribution in [-0.4, -0.2) is 39.5 Å². The lowest BCUT2D eigenvalue weighted by Gasteiger charge is -2.21. The van der Waals surface area contributed by atoms with E-state index in [0.29, 0.717) is 5.75 Å². The highest BCUT2D eigenvalue weighted by atomic mass is 16.5. The second-order valence-electron chi connectivity index (χ2n) is 3.73. The molecule has 0 heterocycles. The van der Waals surface area contributed by atoms with Gasteiger partial charge in [-0.15, -0.1) is 0 Å². The number of benzene rings is 1. The first-order valence-electron chi connectivity index (χ1n) is 5.32. The Labute approximate surface area is 103 Å². The van der Waals surface area contributed by atoms with Gasteiger partial charge in [0.15, 0.2) is 0 Å². The van der Waals surface area contributed by atoms with Crippen molar-refractivity contribution in [1.82, 2.24) is 0 Å². The summed E-state index contributed by atoms with van der Waals surface area (Å²) in [6, 6.07) is 8.34. The number of ether oxygens (including phenoxy) is 1. The van der Waals surface area contributed by atoms with E-state index in [9.17, 15) is 14.7 Å². The third-order valence-electron chi connectivity index (χ3n) is 2.22. The van der Waals surface area contributed by atoms with Crippen molar-refractivity contribution in [3.05, 3.63) is 30.3 Å². The van der Waals surface area contributed by atoms with E-state index in [2.05, 4.69) is 0 Å². The van der Waals surface area contributed by atoms with Gasteiger partial charge < -0.3 is 20.1 Å². The molecule has 0 aliphatic carbocycles. The zero-order chi connectivity index (χ0) is 13.5. The summed E-state index contributed by atoms with van der Waals surface area (Å²) < 4.78 is 5.29. The van der Waals surface area contributed by atoms with Crippen molar-refractivity contribution in [3.8, 4) is 5.75 Å². The summed E-state index contributed by atoms with van der Waals surface area (Å²) in [6.07, 6.45) is -3.51. The average molecular weight is 254 g/mol. The molecule has 1 aromatic carbocycles. The highest BCUT2D eigenvalue weighted by Gasteiger charge is 2.26. The van der Waals surface area contributed by atoms with E-state index in [-0.39, 0.29) is 0 Å². The molecule has 2 atom stereocenters. The van der Waals surface area contributed by atoms with Crippen molar-refractivity contribution in [2.75, 3.05) is 0 Å². The minimum Gasteiger partial charge on any atom is -0.487 e. The standard InChI is InChI=1S/C12H14O6/c13-9(6-11(14)15)10(7-12(16)17)18-8-4-2-1-3-5-8/h1-5,9-10,13H,6-7H2,(H,14,15)(H,16,17). The minimum atomic E-state index is -1.38. The summed E-state index contributed by atoms with van der Waals surface area (Å²) in [7, 11) is 0. The number of carboxylic acid groups (broad SMARTS) is 2. The Balaban J connectivity index is 2.71. The molecule has 1 aromatic rings. The van der Waals surface area contributed by atoms with E-state index < -0.39 is 37.0 Å². The van der Waals surface area contributed by atoms with Crippen LogP contribution in [0.1, 0.15) is 12.8 Å². The maximum absolute atomic E-state index is 10.7. The van der Waals surface area contributed by atoms with Gasteiger partial charge in [-0.3, -0.25) is 9.59 Å². The molecule has 0 saturated heterocycles. The lowest BCUT2D eigenvalue weighted by Crippen LogP contribution is -2.35. The molecule has 3 N–H and O–H groups in total. The number of aliphatic hydroxyl groups is 1. The Morgan fingerprint density at radius 3 is 2.11 bits per heavy atom. The maximum atomic E-state index is 10.7. The molecule has 0 aliphatic heterocycles. The Morgan fingerprint density at radius 1 is 1.06 bits per heavy atom. The molecule has 18 heavy (non-hydrogen) atoms. The van der Waals surface area contributed by atoms with Crippen LogP contribution in [0.5, 0.6) is 5.75 Å². The number of hydrogen-bond acceptors (Lipinski definition) is 4. The van der Waals surface area contributed by atoms with Crippen LogP contribution in [0.25, 0.3) is 0 Å². The summed E-state index contributed by atoms with van der Waals surface area (Å²) in [6.45, 7) is 0. The fraction of sp³-hybridized carbons (Fsp3) is 0.333. The summed E-state index contributed by atoms with van der Waals surface area (Å²) in [5, 5.41) is 26.9. The summed E-state index contributed by atoms with van der Waals surface area (Å²) in [5.41, 5.74) is 0. The highest BCUT2D eigenvalue weighted by Crippen LogP contribution is 2.16. The van der Waals surface area contributed by atoms with Crippen LogP contribution in [0.4, 0.5) is 0 Å². The summed E-state index contributed by atoms with van der Waals surface area (Å²) in [4.78, 5) is 21.1. The smallest absolute Gasteiger partial charge is 0.307 e. The Kier molecular flexibility index (Phi) is 5.13. The van der Waals surface area contributed by atoms with E-state index in [1.807, 2.05) is 0 Å². The van der Waals surface area contributed by atoms with Crippen LogP contribution < -0.4 is 4.74 Å². The number of aliphatic carboxylic acids is 2. The molecule has 0 saturated carbocycles. The fourth-order valence-electron chi connectivity index (χ4n) is 1.41. The minimum absolute atomic E-state index is 0.383. The van der Waals surface area contributed by atoms with Gasteiger partial charge in [-0.05, 0) is 12.1 Å². The third kappa shape index (κ3) is 4.84. The van der Waals surface area contributed by atoms with E-state index >= 15 is 0 Å². The largest absolute Gasteiger partial charge is 0.487 e. The van der Waals surface area contributed by atoms with Crippen LogP contribution in [0, 0.1) is 0 Å². The van der Waals surface area contributed by atoms with Crippen molar-refractivity contribution in [2.24, 2.45) is 0 Å². The number of carboxylic acids is 2. The predicted molar refractivity (Wildman–Crippen MR) is 61.4 cm³/mol. The molecule has 0 amide bonds. The molecular weight excluding hydrogens is 240 g/mol. The second kappa shape index (κ2) is 6.61. The normalized spacial score (nSPS) is 13.6. The molecule has 0 spiro atoms. The van der Waals surface area contributed by atoms with E-state index in [1.54, 1.807) is 30.3 Å². The first-order valence-corrected chi connectivity index (χ1v) is 5.32. The summed E-state index contributed by atoms with van der Waals surface area (Å²) in [5.74, 6) is -2.00.